The summed E-state index contributed by atoms with van der Waals surface area (Å²) >= 11 is 0. The predicted molar refractivity (Wildman–Crippen MR) is 69.8 cm³/mol. The Kier molecular flexibility index (Phi) is 2.94. The van der Waals surface area contributed by atoms with Crippen molar-refractivity contribution in [3.05, 3.63) is 42.3 Å². The summed E-state index contributed by atoms with van der Waals surface area (Å²) in [4.78, 5) is 6.72. The van der Waals surface area contributed by atoms with Gasteiger partial charge >= 0.3 is 0 Å². The molecule has 0 unspecified atom stereocenters. The van der Waals surface area contributed by atoms with Gasteiger partial charge < -0.3 is 9.42 Å². The number of benzene rings is 1. The van der Waals surface area contributed by atoms with Gasteiger partial charge in [0.25, 0.3) is 5.89 Å². The molecular formula is C14H15N3O. The highest BCUT2D eigenvalue weighted by molar-refractivity contribution is 5.63. The van der Waals surface area contributed by atoms with Gasteiger partial charge in [0.1, 0.15) is 0 Å². The Morgan fingerprint density at radius 2 is 2.06 bits per heavy atom. The van der Waals surface area contributed by atoms with Gasteiger partial charge in [0.05, 0.1) is 0 Å². The Balaban J connectivity index is 1.88. The van der Waals surface area contributed by atoms with Crippen molar-refractivity contribution in [1.29, 1.82) is 0 Å². The van der Waals surface area contributed by atoms with Crippen molar-refractivity contribution in [1.82, 2.24) is 15.0 Å². The third-order valence-corrected chi connectivity index (χ3v) is 3.07. The molecule has 1 aromatic carbocycles. The Bertz CT molecular complexity index is 559. The van der Waals surface area contributed by atoms with Crippen molar-refractivity contribution in [2.75, 3.05) is 20.1 Å². The van der Waals surface area contributed by atoms with Crippen LogP contribution in [0.15, 0.2) is 40.9 Å². The number of rotatable bonds is 2. The van der Waals surface area contributed by atoms with Gasteiger partial charge in [-0.1, -0.05) is 41.6 Å². The Morgan fingerprint density at radius 1 is 1.22 bits per heavy atom. The van der Waals surface area contributed by atoms with Crippen LogP contribution in [-0.4, -0.2) is 35.2 Å². The van der Waals surface area contributed by atoms with Crippen LogP contribution in [0.3, 0.4) is 0 Å². The fourth-order valence-corrected chi connectivity index (χ4v) is 2.11. The highest BCUT2D eigenvalue weighted by Gasteiger charge is 2.16. The van der Waals surface area contributed by atoms with E-state index in [2.05, 4.69) is 28.2 Å². The second-order valence-corrected chi connectivity index (χ2v) is 4.54. The van der Waals surface area contributed by atoms with E-state index in [1.807, 2.05) is 30.3 Å². The lowest BCUT2D eigenvalue weighted by molar-refractivity contribution is 0.357. The molecule has 4 heteroatoms. The summed E-state index contributed by atoms with van der Waals surface area (Å²) < 4.78 is 5.35. The van der Waals surface area contributed by atoms with Crippen molar-refractivity contribution >= 4 is 5.57 Å². The molecule has 1 aliphatic heterocycles. The quantitative estimate of drug-likeness (QED) is 0.810. The van der Waals surface area contributed by atoms with Gasteiger partial charge in [-0.05, 0) is 13.5 Å². The average Bonchev–Trinajstić information content (AvgIpc) is 2.89. The van der Waals surface area contributed by atoms with Gasteiger partial charge in [-0.25, -0.2) is 0 Å². The smallest absolute Gasteiger partial charge is 0.255 e. The zero-order valence-corrected chi connectivity index (χ0v) is 10.3. The van der Waals surface area contributed by atoms with E-state index in [1.54, 1.807) is 0 Å². The molecule has 0 atom stereocenters. The largest absolute Gasteiger partial charge is 0.334 e. The van der Waals surface area contributed by atoms with E-state index in [9.17, 15) is 0 Å². The molecule has 4 nitrogen and oxygen atoms in total. The van der Waals surface area contributed by atoms with Crippen LogP contribution in [0.25, 0.3) is 17.0 Å². The molecule has 2 heterocycles. The molecule has 0 N–H and O–H groups in total. The molecule has 3 rings (SSSR count). The molecule has 0 amide bonds. The molecule has 0 aliphatic carbocycles. The van der Waals surface area contributed by atoms with Crippen LogP contribution in [-0.2, 0) is 0 Å². The molecule has 0 spiro atoms. The lowest BCUT2D eigenvalue weighted by atomic mass is 10.1. The van der Waals surface area contributed by atoms with Crippen molar-refractivity contribution < 1.29 is 4.52 Å². The first kappa shape index (κ1) is 11.2. The Morgan fingerprint density at radius 3 is 2.83 bits per heavy atom. The first-order valence-electron chi connectivity index (χ1n) is 6.10. The van der Waals surface area contributed by atoms with Gasteiger partial charge in [-0.2, -0.15) is 4.98 Å². The first-order chi connectivity index (χ1) is 8.83. The summed E-state index contributed by atoms with van der Waals surface area (Å²) in [5.74, 6) is 1.29. The normalized spacial score (nSPS) is 16.6. The maximum Gasteiger partial charge on any atom is 0.255 e. The van der Waals surface area contributed by atoms with Gasteiger partial charge in [0.2, 0.25) is 5.82 Å². The Hall–Kier alpha value is -1.94. The standard InChI is InChI=1S/C14H15N3O/c1-17-9-5-8-12(10-17)14-15-13(16-18-14)11-6-3-2-4-7-11/h2-4,6-8H,5,9-10H2,1H3. The third-order valence-electron chi connectivity index (χ3n) is 3.07. The van der Waals surface area contributed by atoms with Gasteiger partial charge in [-0.15, -0.1) is 0 Å². The fraction of sp³-hybridized carbons (Fsp3) is 0.286. The van der Waals surface area contributed by atoms with Crippen molar-refractivity contribution in [3.8, 4) is 11.4 Å². The molecule has 0 saturated heterocycles. The summed E-state index contributed by atoms with van der Waals surface area (Å²) in [6.45, 7) is 1.96. The molecule has 1 aliphatic rings. The van der Waals surface area contributed by atoms with Crippen molar-refractivity contribution in [2.45, 2.75) is 6.42 Å². The van der Waals surface area contributed by atoms with Gasteiger partial charge in [-0.3, -0.25) is 0 Å². The molecule has 2 aromatic rings. The molecule has 0 radical (unpaired) electrons. The SMILES string of the molecule is CN1CCC=C(c2nc(-c3ccccc3)no2)C1. The minimum absolute atomic E-state index is 0.639. The highest BCUT2D eigenvalue weighted by atomic mass is 16.5. The topological polar surface area (TPSA) is 42.2 Å². The van der Waals surface area contributed by atoms with E-state index < -0.39 is 0 Å². The second kappa shape index (κ2) is 4.74. The first-order valence-corrected chi connectivity index (χ1v) is 6.10. The van der Waals surface area contributed by atoms with E-state index in [4.69, 9.17) is 4.52 Å². The molecule has 0 bridgehead atoms. The molecule has 92 valence electrons. The zero-order valence-electron chi connectivity index (χ0n) is 10.3. The van der Waals surface area contributed by atoms with Crippen LogP contribution in [0.2, 0.25) is 0 Å². The van der Waals surface area contributed by atoms with E-state index in [1.165, 1.54) is 0 Å². The summed E-state index contributed by atoms with van der Waals surface area (Å²) in [6.07, 6.45) is 3.22. The predicted octanol–water partition coefficient (Wildman–Crippen LogP) is 2.46. The highest BCUT2D eigenvalue weighted by Crippen LogP contribution is 2.21. The minimum Gasteiger partial charge on any atom is -0.334 e. The van der Waals surface area contributed by atoms with Crippen LogP contribution >= 0.6 is 0 Å². The van der Waals surface area contributed by atoms with Crippen LogP contribution < -0.4 is 0 Å². The van der Waals surface area contributed by atoms with E-state index in [0.29, 0.717) is 11.7 Å². The van der Waals surface area contributed by atoms with Crippen LogP contribution in [0.1, 0.15) is 12.3 Å². The maximum absolute atomic E-state index is 5.35. The summed E-state index contributed by atoms with van der Waals surface area (Å²) in [6, 6.07) is 9.88. The molecule has 0 saturated carbocycles. The monoisotopic (exact) mass is 241 g/mol. The maximum atomic E-state index is 5.35. The van der Waals surface area contributed by atoms with Crippen LogP contribution in [0, 0.1) is 0 Å². The molecular weight excluding hydrogens is 226 g/mol. The Labute approximate surface area is 106 Å². The summed E-state index contributed by atoms with van der Waals surface area (Å²) in [7, 11) is 2.10. The summed E-state index contributed by atoms with van der Waals surface area (Å²) in [5, 5.41) is 4.04. The third kappa shape index (κ3) is 2.19. The van der Waals surface area contributed by atoms with Crippen molar-refractivity contribution in [3.63, 3.8) is 0 Å². The molecule has 0 fully saturated rings. The minimum atomic E-state index is 0.639. The number of hydrogen-bond acceptors (Lipinski definition) is 4. The second-order valence-electron chi connectivity index (χ2n) is 4.54. The van der Waals surface area contributed by atoms with Crippen LogP contribution in [0.5, 0.6) is 0 Å². The van der Waals surface area contributed by atoms with E-state index in [0.717, 1.165) is 30.6 Å². The molecule has 1 aromatic heterocycles. The number of aromatic nitrogens is 2. The number of nitrogens with zero attached hydrogens (tertiary/aromatic N) is 3. The van der Waals surface area contributed by atoms with E-state index >= 15 is 0 Å². The van der Waals surface area contributed by atoms with Crippen molar-refractivity contribution in [2.24, 2.45) is 0 Å². The lowest BCUT2D eigenvalue weighted by Gasteiger charge is -2.20. The average molecular weight is 241 g/mol. The van der Waals surface area contributed by atoms with E-state index in [-0.39, 0.29) is 0 Å². The van der Waals surface area contributed by atoms with Gasteiger partial charge in [0, 0.05) is 24.2 Å². The zero-order chi connectivity index (χ0) is 12.4. The van der Waals surface area contributed by atoms with Crippen LogP contribution in [0.4, 0.5) is 0 Å². The molecule has 18 heavy (non-hydrogen) atoms. The fourth-order valence-electron chi connectivity index (χ4n) is 2.11. The number of likely N-dealkylation sites (N-methyl/N-ethyl adjacent to an activating group) is 1. The summed E-state index contributed by atoms with van der Waals surface area (Å²) in [5.41, 5.74) is 2.11. The lowest BCUT2D eigenvalue weighted by Crippen LogP contribution is -2.25. The number of hydrogen-bond donors (Lipinski definition) is 0. The van der Waals surface area contributed by atoms with Gasteiger partial charge in [0.15, 0.2) is 0 Å².